The molecule has 1 saturated carbocycles. The van der Waals surface area contributed by atoms with Gasteiger partial charge in [0.25, 0.3) is 0 Å². The van der Waals surface area contributed by atoms with Crippen molar-refractivity contribution < 1.29 is 17.9 Å². The standard InChI is InChI=1S/C21H28F3N5O/c1-12(2)29-17(18-15-10-28(5-6-30-4)11-20(15,18)3)8-16(27-29)13-7-14(21(22,23)24)19(25)26-9-13/h7-9,12,15,18H,5-6,10-11H2,1-4H3,(H2,25,26)/t15-,18+,20?/m0/s1. The molecule has 3 atom stereocenters. The molecule has 1 aliphatic carbocycles. The van der Waals surface area contributed by atoms with Gasteiger partial charge in [-0.3, -0.25) is 4.68 Å². The van der Waals surface area contributed by atoms with E-state index in [0.717, 1.165) is 31.4 Å². The number of alkyl halides is 3. The van der Waals surface area contributed by atoms with Crippen molar-refractivity contribution in [2.45, 2.75) is 38.9 Å². The van der Waals surface area contributed by atoms with Crippen LogP contribution in [0.25, 0.3) is 11.3 Å². The van der Waals surface area contributed by atoms with Gasteiger partial charge in [-0.1, -0.05) is 6.92 Å². The van der Waals surface area contributed by atoms with Crippen LogP contribution in [0.3, 0.4) is 0 Å². The molecule has 1 unspecified atom stereocenters. The lowest BCUT2D eigenvalue weighted by Gasteiger charge is -2.22. The maximum atomic E-state index is 13.3. The molecule has 0 bridgehead atoms. The van der Waals surface area contributed by atoms with Crippen LogP contribution in [0.15, 0.2) is 18.3 Å². The third-order valence-electron chi connectivity index (χ3n) is 6.57. The van der Waals surface area contributed by atoms with Crippen LogP contribution < -0.4 is 5.73 Å². The van der Waals surface area contributed by atoms with Crippen LogP contribution >= 0.6 is 0 Å². The van der Waals surface area contributed by atoms with Crippen molar-refractivity contribution in [3.8, 4) is 11.3 Å². The van der Waals surface area contributed by atoms with E-state index >= 15 is 0 Å². The van der Waals surface area contributed by atoms with Crippen LogP contribution in [0.5, 0.6) is 0 Å². The fraction of sp³-hybridized carbons (Fsp3) is 0.619. The summed E-state index contributed by atoms with van der Waals surface area (Å²) >= 11 is 0. The average molecular weight is 423 g/mol. The first-order chi connectivity index (χ1) is 14.1. The molecule has 0 aromatic carbocycles. The zero-order chi connectivity index (χ0) is 21.8. The van der Waals surface area contributed by atoms with E-state index < -0.39 is 17.6 Å². The summed E-state index contributed by atoms with van der Waals surface area (Å²) in [4.78, 5) is 6.18. The zero-order valence-corrected chi connectivity index (χ0v) is 17.7. The molecule has 0 spiro atoms. The number of likely N-dealkylation sites (tertiary alicyclic amines) is 1. The summed E-state index contributed by atoms with van der Waals surface area (Å²) in [7, 11) is 1.71. The quantitative estimate of drug-likeness (QED) is 0.765. The maximum absolute atomic E-state index is 13.3. The number of ether oxygens (including phenoxy) is 1. The molecule has 4 rings (SSSR count). The third-order valence-corrected chi connectivity index (χ3v) is 6.57. The highest BCUT2D eigenvalue weighted by molar-refractivity contribution is 5.63. The molecule has 0 radical (unpaired) electrons. The van der Waals surface area contributed by atoms with Crippen molar-refractivity contribution in [3.05, 3.63) is 29.6 Å². The lowest BCUT2D eigenvalue weighted by Crippen LogP contribution is -2.30. The first-order valence-corrected chi connectivity index (χ1v) is 10.2. The lowest BCUT2D eigenvalue weighted by atomic mass is 10.0. The van der Waals surface area contributed by atoms with Crippen molar-refractivity contribution >= 4 is 5.82 Å². The molecule has 2 aromatic heterocycles. The Balaban J connectivity index is 1.64. The first kappa shape index (κ1) is 21.1. The Bertz CT molecular complexity index is 941. The highest BCUT2D eigenvalue weighted by Gasteiger charge is 2.67. The van der Waals surface area contributed by atoms with Gasteiger partial charge in [0.15, 0.2) is 0 Å². The van der Waals surface area contributed by atoms with Crippen LogP contribution in [0, 0.1) is 11.3 Å². The van der Waals surface area contributed by atoms with E-state index in [1.165, 1.54) is 6.20 Å². The fourth-order valence-corrected chi connectivity index (χ4v) is 4.99. The Kier molecular flexibility index (Phi) is 5.09. The Morgan fingerprint density at radius 2 is 2.07 bits per heavy atom. The Morgan fingerprint density at radius 1 is 1.33 bits per heavy atom. The van der Waals surface area contributed by atoms with Crippen molar-refractivity contribution in [1.82, 2.24) is 19.7 Å². The van der Waals surface area contributed by atoms with E-state index in [0.29, 0.717) is 29.7 Å². The Morgan fingerprint density at radius 3 is 2.63 bits per heavy atom. The van der Waals surface area contributed by atoms with E-state index in [1.807, 2.05) is 24.6 Å². The lowest BCUT2D eigenvalue weighted by molar-refractivity contribution is -0.137. The average Bonchev–Trinajstić information content (AvgIpc) is 3.00. The monoisotopic (exact) mass is 423 g/mol. The normalized spacial score (nSPS) is 26.4. The van der Waals surface area contributed by atoms with Gasteiger partial charge >= 0.3 is 6.18 Å². The molecular formula is C21H28F3N5O. The topological polar surface area (TPSA) is 69.2 Å². The molecule has 0 amide bonds. The zero-order valence-electron chi connectivity index (χ0n) is 17.7. The van der Waals surface area contributed by atoms with E-state index in [1.54, 1.807) is 7.11 Å². The smallest absolute Gasteiger partial charge is 0.383 e. The van der Waals surface area contributed by atoms with Crippen LogP contribution in [0.4, 0.5) is 19.0 Å². The summed E-state index contributed by atoms with van der Waals surface area (Å²) in [6, 6.07) is 3.08. The summed E-state index contributed by atoms with van der Waals surface area (Å²) in [6.45, 7) is 9.99. The third kappa shape index (κ3) is 3.47. The minimum Gasteiger partial charge on any atom is -0.383 e. The number of rotatable bonds is 6. The second-order valence-corrected chi connectivity index (χ2v) is 8.97. The largest absolute Gasteiger partial charge is 0.419 e. The van der Waals surface area contributed by atoms with Gasteiger partial charge in [-0.15, -0.1) is 0 Å². The van der Waals surface area contributed by atoms with E-state index in [4.69, 9.17) is 10.5 Å². The Labute approximate surface area is 174 Å². The molecule has 3 heterocycles. The van der Waals surface area contributed by atoms with Gasteiger partial charge in [0.2, 0.25) is 0 Å². The molecule has 2 fully saturated rings. The van der Waals surface area contributed by atoms with Gasteiger partial charge in [-0.25, -0.2) is 4.98 Å². The van der Waals surface area contributed by atoms with Gasteiger partial charge in [-0.2, -0.15) is 18.3 Å². The number of nitrogens with two attached hydrogens (primary N) is 1. The molecule has 2 aromatic rings. The number of fused-ring (bicyclic) bond motifs is 1. The van der Waals surface area contributed by atoms with Crippen molar-refractivity contribution in [3.63, 3.8) is 0 Å². The van der Waals surface area contributed by atoms with Crippen molar-refractivity contribution in [2.24, 2.45) is 11.3 Å². The molecule has 2 aliphatic rings. The molecule has 6 nitrogen and oxygen atoms in total. The summed E-state index contributed by atoms with van der Waals surface area (Å²) < 4.78 is 46.9. The predicted octanol–water partition coefficient (Wildman–Crippen LogP) is 3.81. The number of piperidine rings is 1. The molecule has 1 saturated heterocycles. The first-order valence-electron chi connectivity index (χ1n) is 10.2. The molecule has 2 N–H and O–H groups in total. The van der Waals surface area contributed by atoms with Crippen LogP contribution in [0.2, 0.25) is 0 Å². The Hall–Kier alpha value is -2.13. The molecular weight excluding hydrogens is 395 g/mol. The number of nitrogens with zero attached hydrogens (tertiary/aromatic N) is 4. The van der Waals surface area contributed by atoms with Gasteiger partial charge in [-0.05, 0) is 37.3 Å². The summed E-state index contributed by atoms with van der Waals surface area (Å²) in [5.74, 6) is 0.352. The van der Waals surface area contributed by atoms with E-state index in [-0.39, 0.29) is 11.5 Å². The highest BCUT2D eigenvalue weighted by Crippen LogP contribution is 2.68. The SMILES string of the molecule is COCCN1C[C@H]2[C@H](c3cc(-c4cnc(N)c(C(F)(F)F)c4)nn3C(C)C)C2(C)C1. The molecule has 164 valence electrons. The van der Waals surface area contributed by atoms with Gasteiger partial charge in [0.1, 0.15) is 5.82 Å². The summed E-state index contributed by atoms with van der Waals surface area (Å²) in [6.07, 6.45) is -3.19. The summed E-state index contributed by atoms with van der Waals surface area (Å²) in [5.41, 5.74) is 6.60. The van der Waals surface area contributed by atoms with E-state index in [9.17, 15) is 13.2 Å². The molecule has 9 heteroatoms. The van der Waals surface area contributed by atoms with Crippen molar-refractivity contribution in [1.29, 1.82) is 0 Å². The molecule has 1 aliphatic heterocycles. The van der Waals surface area contributed by atoms with E-state index in [2.05, 4.69) is 21.9 Å². The van der Waals surface area contributed by atoms with Crippen LogP contribution in [0.1, 0.15) is 44.0 Å². The fourth-order valence-electron chi connectivity index (χ4n) is 4.99. The second-order valence-electron chi connectivity index (χ2n) is 8.97. The molecule has 30 heavy (non-hydrogen) atoms. The van der Waals surface area contributed by atoms with Gasteiger partial charge in [0, 0.05) is 56.2 Å². The minimum absolute atomic E-state index is 0.104. The number of anilines is 1. The number of hydrogen-bond donors (Lipinski definition) is 1. The van der Waals surface area contributed by atoms with Gasteiger partial charge < -0.3 is 15.4 Å². The second kappa shape index (κ2) is 7.23. The van der Waals surface area contributed by atoms with Crippen LogP contribution in [-0.2, 0) is 10.9 Å². The number of halogens is 3. The minimum atomic E-state index is -4.55. The number of nitrogen functional groups attached to an aromatic ring is 1. The van der Waals surface area contributed by atoms with Crippen LogP contribution in [-0.4, -0.2) is 53.0 Å². The summed E-state index contributed by atoms with van der Waals surface area (Å²) in [5, 5.41) is 4.66. The highest BCUT2D eigenvalue weighted by atomic mass is 19.4. The number of aromatic nitrogens is 3. The number of hydrogen-bond acceptors (Lipinski definition) is 5. The predicted molar refractivity (Wildman–Crippen MR) is 108 cm³/mol. The number of pyridine rings is 1. The van der Waals surface area contributed by atoms with Crippen molar-refractivity contribution in [2.75, 3.05) is 39.1 Å². The maximum Gasteiger partial charge on any atom is 0.419 e. The van der Waals surface area contributed by atoms with Gasteiger partial charge in [0.05, 0.1) is 17.9 Å². The number of methoxy groups -OCH3 is 1.